The minimum absolute atomic E-state index is 0.115. The monoisotopic (exact) mass is 631 g/mol. The quantitative estimate of drug-likeness (QED) is 0.0848. The molecule has 0 aliphatic rings. The largest absolute Gasteiger partial charge is 0.490 e. The van der Waals surface area contributed by atoms with Crippen molar-refractivity contribution in [1.82, 2.24) is 15.0 Å². The van der Waals surface area contributed by atoms with Gasteiger partial charge in [-0.25, -0.2) is 0 Å². The molecule has 4 N–H and O–H groups in total. The average Bonchev–Trinajstić information content (AvgIpc) is 3.06. The highest BCUT2D eigenvalue weighted by molar-refractivity contribution is 5.70. The molecule has 1 heterocycles. The first-order chi connectivity index (χ1) is 22.6. The van der Waals surface area contributed by atoms with Gasteiger partial charge in [-0.1, -0.05) is 160 Å². The molecule has 254 valence electrons. The summed E-state index contributed by atoms with van der Waals surface area (Å²) < 4.78 is 12.6. The van der Waals surface area contributed by atoms with Crippen molar-refractivity contribution >= 4 is 11.9 Å². The van der Waals surface area contributed by atoms with Crippen molar-refractivity contribution in [2.24, 2.45) is 0 Å². The van der Waals surface area contributed by atoms with Crippen LogP contribution in [0, 0.1) is 0 Å². The van der Waals surface area contributed by atoms with E-state index in [-0.39, 0.29) is 11.9 Å². The molecule has 7 nitrogen and oxygen atoms in total. The minimum Gasteiger partial charge on any atom is -0.490 e. The van der Waals surface area contributed by atoms with E-state index < -0.39 is 0 Å². The lowest BCUT2D eigenvalue weighted by Crippen LogP contribution is -2.04. The van der Waals surface area contributed by atoms with Crippen LogP contribution in [0.5, 0.6) is 11.5 Å². The second-order valence-electron chi connectivity index (χ2n) is 12.7. The second kappa shape index (κ2) is 23.0. The van der Waals surface area contributed by atoms with Crippen molar-refractivity contribution in [3.63, 3.8) is 0 Å². The molecule has 0 amide bonds. The number of aromatic nitrogens is 3. The number of anilines is 2. The summed E-state index contributed by atoms with van der Waals surface area (Å²) >= 11 is 0. The molecule has 0 radical (unpaired) electrons. The highest BCUT2D eigenvalue weighted by Crippen LogP contribution is 2.34. The summed E-state index contributed by atoms with van der Waals surface area (Å²) in [6.45, 7) is 5.98. The van der Waals surface area contributed by atoms with Crippen molar-refractivity contribution in [3.05, 3.63) is 42.5 Å². The molecule has 0 unspecified atom stereocenters. The third-order valence-electron chi connectivity index (χ3n) is 8.60. The predicted octanol–water partition coefficient (Wildman–Crippen LogP) is 11.0. The fourth-order valence-electron chi connectivity index (χ4n) is 5.81. The van der Waals surface area contributed by atoms with Gasteiger partial charge in [0.05, 0.1) is 13.2 Å². The number of hydrogen-bond donors (Lipinski definition) is 2. The number of nitrogen functional groups attached to an aromatic ring is 2. The van der Waals surface area contributed by atoms with E-state index >= 15 is 0 Å². The van der Waals surface area contributed by atoms with E-state index in [9.17, 15) is 0 Å². The molecule has 3 rings (SSSR count). The Morgan fingerprint density at radius 2 is 0.826 bits per heavy atom. The number of nitrogens with zero attached hydrogens (tertiary/aromatic N) is 3. The van der Waals surface area contributed by atoms with Crippen molar-refractivity contribution in [1.29, 1.82) is 0 Å². The summed E-state index contributed by atoms with van der Waals surface area (Å²) in [5, 5.41) is 0. The Bertz CT molecular complexity index is 1200. The SMILES string of the molecule is CCCCCCCCCCCCOc1ccc(-c2ccc(-c3nc(N)nc(N)n3)cc2)cc1OCCCCCCCCCCCC. The lowest BCUT2D eigenvalue weighted by Gasteiger charge is -2.15. The summed E-state index contributed by atoms with van der Waals surface area (Å²) in [7, 11) is 0. The van der Waals surface area contributed by atoms with E-state index in [0.717, 1.165) is 47.6 Å². The molecule has 0 saturated heterocycles. The van der Waals surface area contributed by atoms with E-state index in [1.54, 1.807) is 0 Å². The maximum atomic E-state index is 6.36. The van der Waals surface area contributed by atoms with Gasteiger partial charge in [0.15, 0.2) is 17.3 Å². The highest BCUT2D eigenvalue weighted by atomic mass is 16.5. The van der Waals surface area contributed by atoms with E-state index in [1.165, 1.54) is 116 Å². The number of nitrogens with two attached hydrogens (primary N) is 2. The Balaban J connectivity index is 1.51. The lowest BCUT2D eigenvalue weighted by atomic mass is 10.0. The van der Waals surface area contributed by atoms with Crippen LogP contribution >= 0.6 is 0 Å². The van der Waals surface area contributed by atoms with Gasteiger partial charge in [-0.3, -0.25) is 0 Å². The van der Waals surface area contributed by atoms with Gasteiger partial charge in [0.1, 0.15) is 0 Å². The van der Waals surface area contributed by atoms with Crippen molar-refractivity contribution in [3.8, 4) is 34.0 Å². The van der Waals surface area contributed by atoms with Crippen LogP contribution in [-0.4, -0.2) is 28.2 Å². The molecule has 0 aliphatic heterocycles. The van der Waals surface area contributed by atoms with Gasteiger partial charge in [0.25, 0.3) is 0 Å². The second-order valence-corrected chi connectivity index (χ2v) is 12.7. The Hall–Kier alpha value is -3.35. The molecule has 1 aromatic heterocycles. The van der Waals surface area contributed by atoms with Crippen LogP contribution in [0.4, 0.5) is 11.9 Å². The van der Waals surface area contributed by atoms with Crippen LogP contribution in [0.3, 0.4) is 0 Å². The molecule has 0 saturated carbocycles. The van der Waals surface area contributed by atoms with E-state index in [2.05, 4.69) is 59.1 Å². The minimum atomic E-state index is 0.115. The molecule has 46 heavy (non-hydrogen) atoms. The van der Waals surface area contributed by atoms with Crippen LogP contribution in [0.15, 0.2) is 42.5 Å². The first-order valence-electron chi connectivity index (χ1n) is 18.4. The molecule has 7 heteroatoms. The zero-order valence-electron chi connectivity index (χ0n) is 28.9. The lowest BCUT2D eigenvalue weighted by molar-refractivity contribution is 0.258. The van der Waals surface area contributed by atoms with Gasteiger partial charge < -0.3 is 20.9 Å². The van der Waals surface area contributed by atoms with Crippen LogP contribution in [-0.2, 0) is 0 Å². The number of hydrogen-bond acceptors (Lipinski definition) is 7. The van der Waals surface area contributed by atoms with Crippen LogP contribution < -0.4 is 20.9 Å². The fourth-order valence-corrected chi connectivity index (χ4v) is 5.81. The topological polar surface area (TPSA) is 109 Å². The summed E-state index contributed by atoms with van der Waals surface area (Å²) in [6.07, 6.45) is 26.2. The summed E-state index contributed by atoms with van der Waals surface area (Å²) in [5.41, 5.74) is 14.5. The van der Waals surface area contributed by atoms with Crippen LogP contribution in [0.2, 0.25) is 0 Å². The first-order valence-corrected chi connectivity index (χ1v) is 18.4. The molecular formula is C39H61N5O2. The van der Waals surface area contributed by atoms with E-state index in [1.807, 2.05) is 12.1 Å². The van der Waals surface area contributed by atoms with Crippen molar-refractivity contribution < 1.29 is 9.47 Å². The van der Waals surface area contributed by atoms with Gasteiger partial charge in [0.2, 0.25) is 11.9 Å². The maximum absolute atomic E-state index is 6.36. The summed E-state index contributed by atoms with van der Waals surface area (Å²) in [4.78, 5) is 12.3. The van der Waals surface area contributed by atoms with Gasteiger partial charge in [-0.05, 0) is 36.1 Å². The van der Waals surface area contributed by atoms with Gasteiger partial charge in [0, 0.05) is 5.56 Å². The molecule has 0 fully saturated rings. The zero-order chi connectivity index (χ0) is 32.7. The van der Waals surface area contributed by atoms with Gasteiger partial charge >= 0.3 is 0 Å². The molecule has 0 atom stereocenters. The molecular weight excluding hydrogens is 570 g/mol. The molecule has 2 aromatic carbocycles. The van der Waals surface area contributed by atoms with Crippen molar-refractivity contribution in [2.45, 2.75) is 142 Å². The van der Waals surface area contributed by atoms with Crippen LogP contribution in [0.25, 0.3) is 22.5 Å². The van der Waals surface area contributed by atoms with Crippen LogP contribution in [0.1, 0.15) is 142 Å². The predicted molar refractivity (Wildman–Crippen MR) is 194 cm³/mol. The first kappa shape index (κ1) is 37.1. The third-order valence-corrected chi connectivity index (χ3v) is 8.60. The van der Waals surface area contributed by atoms with Crippen molar-refractivity contribution in [2.75, 3.05) is 24.7 Å². The highest BCUT2D eigenvalue weighted by Gasteiger charge is 2.11. The molecule has 0 spiro atoms. The number of rotatable bonds is 26. The maximum Gasteiger partial charge on any atom is 0.225 e. The molecule has 0 aliphatic carbocycles. The Morgan fingerprint density at radius 1 is 0.435 bits per heavy atom. The fraction of sp³-hybridized carbons (Fsp3) is 0.615. The number of unbranched alkanes of at least 4 members (excludes halogenated alkanes) is 18. The number of ether oxygens (including phenoxy) is 2. The third kappa shape index (κ3) is 14.8. The smallest absolute Gasteiger partial charge is 0.225 e. The van der Waals surface area contributed by atoms with E-state index in [0.29, 0.717) is 12.4 Å². The summed E-state index contributed by atoms with van der Waals surface area (Å²) in [6, 6.07) is 14.3. The molecule has 3 aromatic rings. The summed E-state index contributed by atoms with van der Waals surface area (Å²) in [5.74, 6) is 2.35. The zero-order valence-corrected chi connectivity index (χ0v) is 28.9. The Kier molecular flexibility index (Phi) is 18.6. The normalized spacial score (nSPS) is 11.2. The van der Waals surface area contributed by atoms with E-state index in [4.69, 9.17) is 20.9 Å². The number of benzene rings is 2. The Labute approximate surface area is 279 Å². The molecule has 0 bridgehead atoms. The van der Waals surface area contributed by atoms with Gasteiger partial charge in [-0.15, -0.1) is 0 Å². The average molecular weight is 632 g/mol. The van der Waals surface area contributed by atoms with Gasteiger partial charge in [-0.2, -0.15) is 15.0 Å². The Morgan fingerprint density at radius 3 is 1.30 bits per heavy atom. The standard InChI is InChI=1S/C39H61N5O2/c1-3-5-7-9-11-13-15-17-19-21-29-45-35-28-27-34(31-36(35)46-30-22-20-18-16-14-12-10-8-6-4-2)32-23-25-33(26-24-32)37-42-38(40)44-39(41)43-37/h23-28,31H,3-22,29-30H2,1-2H3,(H4,40,41,42,43,44).